The number of anilines is 1. The van der Waals surface area contributed by atoms with E-state index in [1.807, 2.05) is 41.0 Å². The molecular formula is C28H25N7O3S. The zero-order chi connectivity index (χ0) is 26.8. The first-order valence-electron chi connectivity index (χ1n) is 12.7. The molecule has 0 saturated carbocycles. The fraction of sp³-hybridized carbons (Fsp3) is 0.250. The van der Waals surface area contributed by atoms with E-state index in [4.69, 9.17) is 4.98 Å². The Bertz CT molecular complexity index is 1890. The smallest absolute Gasteiger partial charge is 0.235 e. The molecule has 1 amide bonds. The minimum absolute atomic E-state index is 0.0807. The highest BCUT2D eigenvalue weighted by atomic mass is 32.2. The summed E-state index contributed by atoms with van der Waals surface area (Å²) in [6, 6.07) is 15.9. The van der Waals surface area contributed by atoms with Gasteiger partial charge < -0.3 is 9.88 Å². The molecule has 0 aliphatic carbocycles. The van der Waals surface area contributed by atoms with Crippen molar-refractivity contribution in [3.63, 3.8) is 0 Å². The maximum Gasteiger partial charge on any atom is 0.235 e. The number of piperidine rings is 1. The third-order valence-corrected chi connectivity index (χ3v) is 9.20. The number of hydrogen-bond donors (Lipinski definition) is 1. The summed E-state index contributed by atoms with van der Waals surface area (Å²) in [6.07, 6.45) is 7.34. The lowest BCUT2D eigenvalue weighted by atomic mass is 9.74. The fourth-order valence-electron chi connectivity index (χ4n) is 5.78. The highest BCUT2D eigenvalue weighted by molar-refractivity contribution is 7.88. The van der Waals surface area contributed by atoms with E-state index >= 15 is 0 Å². The summed E-state index contributed by atoms with van der Waals surface area (Å²) in [7, 11) is -3.30. The van der Waals surface area contributed by atoms with Crippen LogP contribution in [-0.4, -0.2) is 62.5 Å². The van der Waals surface area contributed by atoms with Gasteiger partial charge in [-0.15, -0.1) is 0 Å². The van der Waals surface area contributed by atoms with Crippen LogP contribution in [0.2, 0.25) is 0 Å². The van der Waals surface area contributed by atoms with Gasteiger partial charge in [-0.05, 0) is 60.4 Å². The van der Waals surface area contributed by atoms with Gasteiger partial charge in [0.2, 0.25) is 15.9 Å². The normalized spacial score (nSPS) is 17.1. The van der Waals surface area contributed by atoms with Crippen LogP contribution in [0.1, 0.15) is 24.0 Å². The number of hydrogen-bond acceptors (Lipinski definition) is 7. The van der Waals surface area contributed by atoms with E-state index in [0.29, 0.717) is 43.8 Å². The predicted molar refractivity (Wildman–Crippen MR) is 148 cm³/mol. The molecule has 5 heterocycles. The van der Waals surface area contributed by atoms with Crippen LogP contribution in [0.5, 0.6) is 0 Å². The van der Waals surface area contributed by atoms with Gasteiger partial charge >= 0.3 is 0 Å². The third kappa shape index (κ3) is 3.96. The van der Waals surface area contributed by atoms with E-state index in [2.05, 4.69) is 32.4 Å². The number of rotatable bonds is 4. The molecule has 3 aromatic heterocycles. The van der Waals surface area contributed by atoms with Gasteiger partial charge in [-0.2, -0.15) is 0 Å². The molecule has 1 spiro atoms. The molecule has 39 heavy (non-hydrogen) atoms. The minimum Gasteiger partial charge on any atom is -0.325 e. The van der Waals surface area contributed by atoms with Crippen molar-refractivity contribution < 1.29 is 13.2 Å². The molecule has 0 atom stereocenters. The molecule has 1 fully saturated rings. The molecule has 1 saturated heterocycles. The molecule has 0 unspecified atom stereocenters. The Morgan fingerprint density at radius 2 is 1.85 bits per heavy atom. The lowest BCUT2D eigenvalue weighted by molar-refractivity contribution is -0.122. The Hall–Kier alpha value is -4.22. The van der Waals surface area contributed by atoms with E-state index in [-0.39, 0.29) is 5.91 Å². The number of carbonyl (C=O) groups is 1. The Kier molecular flexibility index (Phi) is 5.29. The van der Waals surface area contributed by atoms with Crippen LogP contribution in [0.3, 0.4) is 0 Å². The van der Waals surface area contributed by atoms with E-state index in [0.717, 1.165) is 38.9 Å². The number of amides is 1. The Morgan fingerprint density at radius 1 is 1.00 bits per heavy atom. The van der Waals surface area contributed by atoms with Gasteiger partial charge in [0.1, 0.15) is 5.52 Å². The third-order valence-electron chi connectivity index (χ3n) is 7.90. The van der Waals surface area contributed by atoms with Crippen molar-refractivity contribution in [3.05, 3.63) is 78.4 Å². The van der Waals surface area contributed by atoms with Gasteiger partial charge in [-0.1, -0.05) is 12.1 Å². The molecule has 10 nitrogen and oxygen atoms in total. The number of fused-ring (bicyclic) bond motifs is 4. The van der Waals surface area contributed by atoms with Crippen molar-refractivity contribution in [2.24, 2.45) is 0 Å². The number of aromatic nitrogens is 5. The fourth-order valence-corrected chi connectivity index (χ4v) is 6.62. The number of carbonyl (C=O) groups excluding carboxylic acids is 1. The maximum absolute atomic E-state index is 13.1. The summed E-state index contributed by atoms with van der Waals surface area (Å²) in [5.74, 6) is 0.459. The zero-order valence-corrected chi connectivity index (χ0v) is 22.0. The topological polar surface area (TPSA) is 123 Å². The number of nitrogens with zero attached hydrogens (tertiary/aromatic N) is 6. The van der Waals surface area contributed by atoms with Crippen LogP contribution in [0.15, 0.2) is 67.3 Å². The van der Waals surface area contributed by atoms with E-state index in [1.165, 1.54) is 10.6 Å². The lowest BCUT2D eigenvalue weighted by Gasteiger charge is -2.36. The van der Waals surface area contributed by atoms with Crippen LogP contribution in [0.4, 0.5) is 5.69 Å². The summed E-state index contributed by atoms with van der Waals surface area (Å²) in [5, 5.41) is 4.07. The standard InChI is InChI=1S/C28H25N7O3S/c1-39(37,38)35-11-8-28(9-12-35)21-14-20(5-7-23(21)32-27(28)36)25-30-15-24-26(33-25)34(17-31-24)16-18-4-6-22-19(13-18)3-2-10-29-22/h2-7,10,13-15,17H,8-9,11-12,16H2,1H3,(H,32,36). The summed E-state index contributed by atoms with van der Waals surface area (Å²) >= 11 is 0. The zero-order valence-electron chi connectivity index (χ0n) is 21.2. The van der Waals surface area contributed by atoms with E-state index in [9.17, 15) is 13.2 Å². The number of pyridine rings is 1. The molecule has 196 valence electrons. The van der Waals surface area contributed by atoms with Crippen LogP contribution >= 0.6 is 0 Å². The highest BCUT2D eigenvalue weighted by Gasteiger charge is 2.49. The molecule has 0 radical (unpaired) electrons. The Balaban J connectivity index is 1.22. The average molecular weight is 540 g/mol. The van der Waals surface area contributed by atoms with Gasteiger partial charge in [-0.3, -0.25) is 9.78 Å². The first-order chi connectivity index (χ1) is 18.8. The summed E-state index contributed by atoms with van der Waals surface area (Å²) in [5.41, 5.74) is 5.14. The highest BCUT2D eigenvalue weighted by Crippen LogP contribution is 2.46. The number of benzene rings is 2. The molecule has 11 heteroatoms. The average Bonchev–Trinajstić information content (AvgIpc) is 3.45. The molecule has 7 rings (SSSR count). The second kappa shape index (κ2) is 8.65. The number of nitrogens with one attached hydrogen (secondary N) is 1. The van der Waals surface area contributed by atoms with Gasteiger partial charge in [0, 0.05) is 35.9 Å². The Morgan fingerprint density at radius 3 is 2.67 bits per heavy atom. The van der Waals surface area contributed by atoms with Crippen molar-refractivity contribution in [2.75, 3.05) is 24.7 Å². The summed E-state index contributed by atoms with van der Waals surface area (Å²) in [4.78, 5) is 31.5. The van der Waals surface area contributed by atoms with Crippen LogP contribution in [0, 0.1) is 0 Å². The van der Waals surface area contributed by atoms with E-state index < -0.39 is 15.4 Å². The second-order valence-corrected chi connectivity index (χ2v) is 12.2. The quantitative estimate of drug-likeness (QED) is 0.372. The molecule has 5 aromatic rings. The Labute approximate surface area is 224 Å². The van der Waals surface area contributed by atoms with Crippen molar-refractivity contribution in [1.82, 2.24) is 28.8 Å². The lowest BCUT2D eigenvalue weighted by Crippen LogP contribution is -2.47. The van der Waals surface area contributed by atoms with Crippen LogP contribution in [-0.2, 0) is 26.8 Å². The molecule has 0 bridgehead atoms. The van der Waals surface area contributed by atoms with Crippen molar-refractivity contribution >= 4 is 43.7 Å². The van der Waals surface area contributed by atoms with Crippen molar-refractivity contribution in [2.45, 2.75) is 24.8 Å². The van der Waals surface area contributed by atoms with Crippen molar-refractivity contribution in [3.8, 4) is 11.4 Å². The molecule has 2 aliphatic rings. The number of sulfonamides is 1. The van der Waals surface area contributed by atoms with Gasteiger partial charge in [0.15, 0.2) is 11.5 Å². The first-order valence-corrected chi connectivity index (χ1v) is 14.6. The monoisotopic (exact) mass is 539 g/mol. The predicted octanol–water partition coefficient (Wildman–Crippen LogP) is 3.34. The van der Waals surface area contributed by atoms with Gasteiger partial charge in [0.05, 0.1) is 36.3 Å². The van der Waals surface area contributed by atoms with Crippen LogP contribution in [0.25, 0.3) is 33.5 Å². The second-order valence-electron chi connectivity index (χ2n) is 10.3. The molecular weight excluding hydrogens is 514 g/mol. The molecule has 2 aromatic carbocycles. The maximum atomic E-state index is 13.1. The number of imidazole rings is 1. The van der Waals surface area contributed by atoms with Crippen molar-refractivity contribution in [1.29, 1.82) is 0 Å². The van der Waals surface area contributed by atoms with Gasteiger partial charge in [-0.25, -0.2) is 27.7 Å². The first kappa shape index (κ1) is 23.9. The summed E-state index contributed by atoms with van der Waals surface area (Å²) in [6.45, 7) is 1.21. The SMILES string of the molecule is CS(=O)(=O)N1CCC2(CC1)C(=O)Nc1ccc(-c3ncc4ncn(Cc5ccc6ncccc6c5)c4n3)cc12. The minimum atomic E-state index is -3.30. The molecule has 1 N–H and O–H groups in total. The van der Waals surface area contributed by atoms with Gasteiger partial charge in [0.25, 0.3) is 0 Å². The van der Waals surface area contributed by atoms with Crippen LogP contribution < -0.4 is 5.32 Å². The molecule has 2 aliphatic heterocycles. The largest absolute Gasteiger partial charge is 0.325 e. The summed E-state index contributed by atoms with van der Waals surface area (Å²) < 4.78 is 27.5. The van der Waals surface area contributed by atoms with E-state index in [1.54, 1.807) is 18.7 Å².